The van der Waals surface area contributed by atoms with Gasteiger partial charge in [-0.3, -0.25) is 4.98 Å². The van der Waals surface area contributed by atoms with E-state index in [9.17, 15) is 5.11 Å². The number of rotatable bonds is 2. The quantitative estimate of drug-likeness (QED) is 0.728. The summed E-state index contributed by atoms with van der Waals surface area (Å²) in [6, 6.07) is 14.1. The maximum absolute atomic E-state index is 9.46. The number of benzene rings is 1. The number of β-amino-alcohol motifs (C(OH)–C–C–N with tert-alkyl or cyclic N) is 1. The van der Waals surface area contributed by atoms with Crippen molar-refractivity contribution in [2.24, 2.45) is 0 Å². The van der Waals surface area contributed by atoms with Gasteiger partial charge in [-0.2, -0.15) is 0 Å². The second kappa shape index (κ2) is 6.99. The van der Waals surface area contributed by atoms with E-state index < -0.39 is 0 Å². The Morgan fingerprint density at radius 1 is 1.00 bits per heavy atom. The Morgan fingerprint density at radius 3 is 2.42 bits per heavy atom. The van der Waals surface area contributed by atoms with Gasteiger partial charge in [0.1, 0.15) is 5.82 Å². The molecule has 0 radical (unpaired) electrons. The normalized spacial score (nSPS) is 13.7. The van der Waals surface area contributed by atoms with Gasteiger partial charge >= 0.3 is 0 Å². The molecule has 0 saturated carbocycles. The van der Waals surface area contributed by atoms with E-state index in [4.69, 9.17) is 0 Å². The van der Waals surface area contributed by atoms with E-state index in [1.807, 2.05) is 30.5 Å². The lowest BCUT2D eigenvalue weighted by molar-refractivity contribution is 0.141. The van der Waals surface area contributed by atoms with Crippen LogP contribution in [-0.2, 0) is 0 Å². The van der Waals surface area contributed by atoms with E-state index in [2.05, 4.69) is 51.8 Å². The Labute approximate surface area is 153 Å². The van der Waals surface area contributed by atoms with Crippen molar-refractivity contribution in [1.82, 2.24) is 9.97 Å². The average molecular weight is 341 g/mol. The lowest BCUT2D eigenvalue weighted by Crippen LogP contribution is -2.51. The fraction of sp³-hybridized carbons (Fsp3) is 0.182. The van der Waals surface area contributed by atoms with Crippen LogP contribution < -0.4 is 4.90 Å². The summed E-state index contributed by atoms with van der Waals surface area (Å²) in [7, 11) is 0. The van der Waals surface area contributed by atoms with Crippen LogP contribution in [0.1, 0.15) is 16.7 Å². The minimum absolute atomic E-state index is 0.226. The molecule has 26 heavy (non-hydrogen) atoms. The molecular formula is C22H19N3O. The van der Waals surface area contributed by atoms with E-state index in [-0.39, 0.29) is 6.10 Å². The Kier molecular flexibility index (Phi) is 4.39. The largest absolute Gasteiger partial charge is 0.389 e. The predicted octanol–water partition coefficient (Wildman–Crippen LogP) is 3.03. The highest BCUT2D eigenvalue weighted by Gasteiger charge is 2.26. The van der Waals surface area contributed by atoms with E-state index in [1.165, 1.54) is 0 Å². The van der Waals surface area contributed by atoms with Gasteiger partial charge < -0.3 is 10.0 Å². The first-order valence-corrected chi connectivity index (χ1v) is 8.61. The third-order valence-corrected chi connectivity index (χ3v) is 4.44. The number of hydrogen-bond donors (Lipinski definition) is 1. The number of aliphatic hydroxyl groups is 1. The van der Waals surface area contributed by atoms with Gasteiger partial charge in [-0.25, -0.2) is 4.98 Å². The maximum atomic E-state index is 9.46. The van der Waals surface area contributed by atoms with Crippen molar-refractivity contribution < 1.29 is 5.11 Å². The average Bonchev–Trinajstić information content (AvgIpc) is 2.65. The van der Waals surface area contributed by atoms with Crippen LogP contribution in [0.4, 0.5) is 5.82 Å². The van der Waals surface area contributed by atoms with Gasteiger partial charge in [-0.05, 0) is 48.4 Å². The zero-order valence-corrected chi connectivity index (χ0v) is 14.6. The second-order valence-corrected chi connectivity index (χ2v) is 6.49. The smallest absolute Gasteiger partial charge is 0.131 e. The molecular weight excluding hydrogens is 322 g/mol. The molecule has 4 rings (SSSR count). The number of anilines is 1. The molecule has 128 valence electrons. The number of aliphatic hydroxyl groups excluding tert-OH is 1. The van der Waals surface area contributed by atoms with Crippen molar-refractivity contribution in [3.05, 3.63) is 77.7 Å². The third-order valence-electron chi connectivity index (χ3n) is 4.44. The Balaban J connectivity index is 1.52. The molecule has 0 aliphatic carbocycles. The molecule has 1 N–H and O–H groups in total. The van der Waals surface area contributed by atoms with Gasteiger partial charge in [0.05, 0.1) is 6.10 Å². The van der Waals surface area contributed by atoms with Crippen LogP contribution in [0, 0.1) is 18.8 Å². The van der Waals surface area contributed by atoms with Crippen molar-refractivity contribution in [2.45, 2.75) is 13.0 Å². The summed E-state index contributed by atoms with van der Waals surface area (Å²) in [6.45, 7) is 3.39. The molecule has 1 fully saturated rings. The topological polar surface area (TPSA) is 49.2 Å². The number of aryl methyl sites for hydroxylation is 1. The molecule has 0 unspecified atom stereocenters. The van der Waals surface area contributed by atoms with Crippen molar-refractivity contribution in [3.8, 4) is 23.0 Å². The molecule has 1 aliphatic rings. The summed E-state index contributed by atoms with van der Waals surface area (Å²) in [4.78, 5) is 10.8. The van der Waals surface area contributed by atoms with Crippen molar-refractivity contribution in [3.63, 3.8) is 0 Å². The first kappa shape index (κ1) is 16.3. The zero-order chi connectivity index (χ0) is 17.9. The standard InChI is InChI=1S/C22H19N3O/c1-16-11-20(13-24-22(16)25-14-21(26)15-25)19-8-6-17(7-9-19)4-5-18-3-2-10-23-12-18/h2-3,6-13,21,26H,14-15H2,1H3. The van der Waals surface area contributed by atoms with Crippen molar-refractivity contribution in [2.75, 3.05) is 18.0 Å². The summed E-state index contributed by atoms with van der Waals surface area (Å²) >= 11 is 0. The van der Waals surface area contributed by atoms with E-state index >= 15 is 0 Å². The number of hydrogen-bond acceptors (Lipinski definition) is 4. The molecule has 0 amide bonds. The Hall–Kier alpha value is -3.16. The number of nitrogens with zero attached hydrogens (tertiary/aromatic N) is 3. The van der Waals surface area contributed by atoms with Crippen LogP contribution in [0.2, 0.25) is 0 Å². The summed E-state index contributed by atoms with van der Waals surface area (Å²) in [5, 5.41) is 9.46. The van der Waals surface area contributed by atoms with Crippen LogP contribution in [0.5, 0.6) is 0 Å². The lowest BCUT2D eigenvalue weighted by Gasteiger charge is -2.37. The Morgan fingerprint density at radius 2 is 1.77 bits per heavy atom. The predicted molar refractivity (Wildman–Crippen MR) is 103 cm³/mol. The van der Waals surface area contributed by atoms with Crippen LogP contribution in [0.3, 0.4) is 0 Å². The molecule has 0 spiro atoms. The maximum Gasteiger partial charge on any atom is 0.131 e. The van der Waals surface area contributed by atoms with Crippen molar-refractivity contribution >= 4 is 5.82 Å². The van der Waals surface area contributed by atoms with Gasteiger partial charge in [0.15, 0.2) is 0 Å². The van der Waals surface area contributed by atoms with Crippen molar-refractivity contribution in [1.29, 1.82) is 0 Å². The summed E-state index contributed by atoms with van der Waals surface area (Å²) < 4.78 is 0. The number of aromatic nitrogens is 2. The summed E-state index contributed by atoms with van der Waals surface area (Å²) in [5.74, 6) is 7.23. The molecule has 0 atom stereocenters. The van der Waals surface area contributed by atoms with Crippen LogP contribution in [0.15, 0.2) is 61.1 Å². The van der Waals surface area contributed by atoms with Crippen LogP contribution in [-0.4, -0.2) is 34.3 Å². The fourth-order valence-electron chi connectivity index (χ4n) is 3.01. The zero-order valence-electron chi connectivity index (χ0n) is 14.6. The highest BCUT2D eigenvalue weighted by atomic mass is 16.3. The molecule has 1 saturated heterocycles. The molecule has 4 heteroatoms. The molecule has 2 aromatic heterocycles. The van der Waals surface area contributed by atoms with Gasteiger partial charge in [0.25, 0.3) is 0 Å². The van der Waals surface area contributed by atoms with Gasteiger partial charge in [-0.1, -0.05) is 24.0 Å². The molecule has 4 nitrogen and oxygen atoms in total. The molecule has 1 aromatic carbocycles. The number of pyridine rings is 2. The summed E-state index contributed by atoms with van der Waals surface area (Å²) in [5.41, 5.74) is 5.19. The summed E-state index contributed by atoms with van der Waals surface area (Å²) in [6.07, 6.45) is 5.17. The van der Waals surface area contributed by atoms with E-state index in [1.54, 1.807) is 12.4 Å². The van der Waals surface area contributed by atoms with Gasteiger partial charge in [0.2, 0.25) is 0 Å². The van der Waals surface area contributed by atoms with Crippen LogP contribution in [0.25, 0.3) is 11.1 Å². The fourth-order valence-corrected chi connectivity index (χ4v) is 3.01. The molecule has 3 heterocycles. The molecule has 0 bridgehead atoms. The van der Waals surface area contributed by atoms with Gasteiger partial charge in [0, 0.05) is 48.4 Å². The Bertz CT molecular complexity index is 966. The third kappa shape index (κ3) is 3.44. The SMILES string of the molecule is Cc1cc(-c2ccc(C#Cc3cccnc3)cc2)cnc1N1CC(O)C1. The first-order valence-electron chi connectivity index (χ1n) is 8.61. The molecule has 3 aromatic rings. The second-order valence-electron chi connectivity index (χ2n) is 6.49. The van der Waals surface area contributed by atoms with Gasteiger partial charge in [-0.15, -0.1) is 0 Å². The minimum atomic E-state index is -0.226. The van der Waals surface area contributed by atoms with E-state index in [0.717, 1.165) is 33.6 Å². The highest BCUT2D eigenvalue weighted by Crippen LogP contribution is 2.27. The lowest BCUT2D eigenvalue weighted by atomic mass is 10.0. The first-order chi connectivity index (χ1) is 12.7. The van der Waals surface area contributed by atoms with Crippen LogP contribution >= 0.6 is 0 Å². The minimum Gasteiger partial charge on any atom is -0.389 e. The monoisotopic (exact) mass is 341 g/mol. The van der Waals surface area contributed by atoms with E-state index in [0.29, 0.717) is 13.1 Å². The highest BCUT2D eigenvalue weighted by molar-refractivity contribution is 5.67. The molecule has 1 aliphatic heterocycles.